The minimum Gasteiger partial charge on any atom is -0.396 e. The summed E-state index contributed by atoms with van der Waals surface area (Å²) in [7, 11) is 10.9. The highest BCUT2D eigenvalue weighted by Crippen LogP contribution is 2.31. The molecule has 11 nitrogen and oxygen atoms in total. The maximum atomic E-state index is 9.44. The van der Waals surface area contributed by atoms with Crippen LogP contribution in [0.3, 0.4) is 0 Å². The molecule has 0 aromatic heterocycles. The van der Waals surface area contributed by atoms with Gasteiger partial charge in [-0.1, -0.05) is 0 Å². The SMILES string of the molecule is COC1[C@H](OC)O[C@H](CO[C@@H]2OC(CCO)[C@@H](OC)[C@@H](OC)C2OC)[C@@H](OC)[C@H]1OC. The van der Waals surface area contributed by atoms with E-state index in [2.05, 4.69) is 0 Å². The molecular weight excluding hydrogens is 416 g/mol. The van der Waals surface area contributed by atoms with E-state index < -0.39 is 61.4 Å². The van der Waals surface area contributed by atoms with Gasteiger partial charge in [0.05, 0.1) is 12.7 Å². The zero-order chi connectivity index (χ0) is 23.0. The van der Waals surface area contributed by atoms with Crippen molar-refractivity contribution >= 4 is 0 Å². The van der Waals surface area contributed by atoms with Crippen molar-refractivity contribution in [3.63, 3.8) is 0 Å². The summed E-state index contributed by atoms with van der Waals surface area (Å²) in [6, 6.07) is 0. The molecule has 0 aromatic rings. The van der Waals surface area contributed by atoms with Crippen molar-refractivity contribution in [2.75, 3.05) is 63.0 Å². The van der Waals surface area contributed by atoms with Crippen molar-refractivity contribution in [1.82, 2.24) is 0 Å². The van der Waals surface area contributed by atoms with Crippen LogP contribution in [0.25, 0.3) is 0 Å². The molecule has 2 fully saturated rings. The molecule has 3 unspecified atom stereocenters. The lowest BCUT2D eigenvalue weighted by Crippen LogP contribution is -2.63. The largest absolute Gasteiger partial charge is 0.396 e. The van der Waals surface area contributed by atoms with Crippen LogP contribution in [-0.4, -0.2) is 130 Å². The van der Waals surface area contributed by atoms with Crippen LogP contribution >= 0.6 is 0 Å². The normalized spacial score (nSPS) is 41.4. The number of aliphatic hydroxyl groups is 1. The lowest BCUT2D eigenvalue weighted by Gasteiger charge is -2.46. The molecule has 184 valence electrons. The zero-order valence-corrected chi connectivity index (χ0v) is 19.4. The third kappa shape index (κ3) is 5.92. The molecule has 0 spiro atoms. The summed E-state index contributed by atoms with van der Waals surface area (Å²) < 4.78 is 57.2. The summed E-state index contributed by atoms with van der Waals surface area (Å²) >= 11 is 0. The summed E-state index contributed by atoms with van der Waals surface area (Å²) in [5.74, 6) is 0. The number of hydrogen-bond donors (Lipinski definition) is 1. The van der Waals surface area contributed by atoms with Gasteiger partial charge in [-0.2, -0.15) is 0 Å². The molecule has 11 heteroatoms. The van der Waals surface area contributed by atoms with Crippen molar-refractivity contribution in [3.8, 4) is 0 Å². The van der Waals surface area contributed by atoms with Gasteiger partial charge in [-0.05, 0) is 6.42 Å². The molecule has 1 N–H and O–H groups in total. The Balaban J connectivity index is 2.15. The van der Waals surface area contributed by atoms with Crippen molar-refractivity contribution in [2.45, 2.75) is 67.8 Å². The molecule has 31 heavy (non-hydrogen) atoms. The van der Waals surface area contributed by atoms with E-state index in [1.807, 2.05) is 0 Å². The average molecular weight is 455 g/mol. The van der Waals surface area contributed by atoms with Gasteiger partial charge in [0.25, 0.3) is 0 Å². The molecule has 2 aliphatic rings. The van der Waals surface area contributed by atoms with E-state index in [0.717, 1.165) is 0 Å². The Hall–Kier alpha value is -0.440. The second-order valence-electron chi connectivity index (χ2n) is 7.37. The third-order valence-electron chi connectivity index (χ3n) is 5.89. The van der Waals surface area contributed by atoms with Gasteiger partial charge in [-0.3, -0.25) is 0 Å². The van der Waals surface area contributed by atoms with Crippen molar-refractivity contribution in [1.29, 1.82) is 0 Å². The van der Waals surface area contributed by atoms with Gasteiger partial charge in [0.2, 0.25) is 0 Å². The molecule has 2 saturated heterocycles. The van der Waals surface area contributed by atoms with E-state index >= 15 is 0 Å². The van der Waals surface area contributed by atoms with Crippen LogP contribution in [0.5, 0.6) is 0 Å². The Bertz CT molecular complexity index is 496. The fourth-order valence-electron chi connectivity index (χ4n) is 4.37. The first-order valence-corrected chi connectivity index (χ1v) is 10.3. The van der Waals surface area contributed by atoms with Crippen LogP contribution in [0.2, 0.25) is 0 Å². The molecule has 0 radical (unpaired) electrons. The molecule has 2 heterocycles. The predicted molar refractivity (Wildman–Crippen MR) is 107 cm³/mol. The maximum absolute atomic E-state index is 9.44. The van der Waals surface area contributed by atoms with E-state index in [9.17, 15) is 5.11 Å². The van der Waals surface area contributed by atoms with Crippen molar-refractivity contribution < 1.29 is 52.5 Å². The quantitative estimate of drug-likeness (QED) is 0.415. The first-order chi connectivity index (χ1) is 15.0. The summed E-state index contributed by atoms with van der Waals surface area (Å²) in [5.41, 5.74) is 0. The standard InChI is InChI=1S/C20H38O11/c1-22-13-11(8-9-21)30-20(18(27-6)15(13)24-3)29-10-12-14(23-2)16(25-4)17(26-5)19(28-7)31-12/h11-21H,8-10H2,1-7H3/t11?,12-,13-,14-,15-,16-,17?,18?,19-,20-/m1/s1. The number of hydrogen-bond acceptors (Lipinski definition) is 11. The first kappa shape index (κ1) is 26.8. The highest BCUT2D eigenvalue weighted by molar-refractivity contribution is 4.94. The van der Waals surface area contributed by atoms with Gasteiger partial charge in [-0.25, -0.2) is 0 Å². The monoisotopic (exact) mass is 454 g/mol. The van der Waals surface area contributed by atoms with Gasteiger partial charge in [0, 0.05) is 56.4 Å². The molecule has 2 aliphatic heterocycles. The van der Waals surface area contributed by atoms with Gasteiger partial charge in [0.1, 0.15) is 42.7 Å². The fraction of sp³-hybridized carbons (Fsp3) is 1.00. The smallest absolute Gasteiger partial charge is 0.186 e. The molecule has 0 amide bonds. The van der Waals surface area contributed by atoms with Crippen LogP contribution in [0.1, 0.15) is 6.42 Å². The predicted octanol–water partition coefficient (Wildman–Crippen LogP) is -0.428. The van der Waals surface area contributed by atoms with Crippen LogP contribution in [0.15, 0.2) is 0 Å². The van der Waals surface area contributed by atoms with E-state index in [1.165, 1.54) is 7.11 Å². The number of aliphatic hydroxyl groups excluding tert-OH is 1. The lowest BCUT2D eigenvalue weighted by molar-refractivity contribution is -0.337. The molecule has 0 bridgehead atoms. The molecule has 0 aromatic carbocycles. The molecular formula is C20H38O11. The summed E-state index contributed by atoms with van der Waals surface area (Å²) in [6.07, 6.45) is -4.83. The van der Waals surface area contributed by atoms with E-state index in [-0.39, 0.29) is 13.2 Å². The summed E-state index contributed by atoms with van der Waals surface area (Å²) in [6.45, 7) is 0.0470. The molecule has 10 atom stereocenters. The Morgan fingerprint density at radius 3 is 1.45 bits per heavy atom. The molecule has 0 aliphatic carbocycles. The topological polar surface area (TPSA) is 113 Å². The zero-order valence-electron chi connectivity index (χ0n) is 19.4. The molecule has 0 saturated carbocycles. The Labute approximate surface area is 184 Å². The van der Waals surface area contributed by atoms with Crippen molar-refractivity contribution in [3.05, 3.63) is 0 Å². The lowest BCUT2D eigenvalue weighted by atomic mass is 9.96. The maximum Gasteiger partial charge on any atom is 0.186 e. The van der Waals surface area contributed by atoms with E-state index in [0.29, 0.717) is 6.42 Å². The van der Waals surface area contributed by atoms with E-state index in [4.69, 9.17) is 47.4 Å². The second kappa shape index (κ2) is 13.3. The van der Waals surface area contributed by atoms with Crippen LogP contribution < -0.4 is 0 Å². The second-order valence-corrected chi connectivity index (χ2v) is 7.37. The minimum absolute atomic E-state index is 0.0632. The van der Waals surface area contributed by atoms with Gasteiger partial charge in [0.15, 0.2) is 12.6 Å². The minimum atomic E-state index is -0.777. The molecule has 2 rings (SSSR count). The summed E-state index contributed by atoms with van der Waals surface area (Å²) in [5, 5.41) is 9.44. The number of ether oxygens (including phenoxy) is 10. The Kier molecular flexibility index (Phi) is 11.5. The highest BCUT2D eigenvalue weighted by atomic mass is 16.7. The van der Waals surface area contributed by atoms with Gasteiger partial charge < -0.3 is 52.5 Å². The van der Waals surface area contributed by atoms with Gasteiger partial charge >= 0.3 is 0 Å². The Morgan fingerprint density at radius 2 is 1.00 bits per heavy atom. The highest BCUT2D eigenvalue weighted by Gasteiger charge is 2.50. The Morgan fingerprint density at radius 1 is 0.548 bits per heavy atom. The average Bonchev–Trinajstić information content (AvgIpc) is 2.80. The van der Waals surface area contributed by atoms with Crippen LogP contribution in [0.4, 0.5) is 0 Å². The first-order valence-electron chi connectivity index (χ1n) is 10.3. The van der Waals surface area contributed by atoms with Gasteiger partial charge in [-0.15, -0.1) is 0 Å². The summed E-state index contributed by atoms with van der Waals surface area (Å²) in [4.78, 5) is 0. The van der Waals surface area contributed by atoms with Crippen LogP contribution in [0, 0.1) is 0 Å². The van der Waals surface area contributed by atoms with Crippen molar-refractivity contribution in [2.24, 2.45) is 0 Å². The number of rotatable bonds is 12. The van der Waals surface area contributed by atoms with E-state index in [1.54, 1.807) is 42.7 Å². The van der Waals surface area contributed by atoms with Crippen LogP contribution in [-0.2, 0) is 47.4 Å². The number of methoxy groups -OCH3 is 7. The fourth-order valence-corrected chi connectivity index (χ4v) is 4.37. The third-order valence-corrected chi connectivity index (χ3v) is 5.89.